The third-order valence-corrected chi connectivity index (χ3v) is 2.59. The highest BCUT2D eigenvalue weighted by molar-refractivity contribution is 5.62. The van der Waals surface area contributed by atoms with Crippen LogP contribution in [-0.4, -0.2) is 27.3 Å². The van der Waals surface area contributed by atoms with E-state index in [0.29, 0.717) is 17.3 Å². The Morgan fingerprint density at radius 2 is 2.00 bits per heavy atom. The SMILES string of the molecule is COc1ccc(-c2cc(CO)ccn2)c(CO)n1. The summed E-state index contributed by atoms with van der Waals surface area (Å²) in [6, 6.07) is 7.00. The van der Waals surface area contributed by atoms with Gasteiger partial charge in [-0.2, -0.15) is 0 Å². The molecule has 2 rings (SSSR count). The third-order valence-electron chi connectivity index (χ3n) is 2.59. The van der Waals surface area contributed by atoms with Gasteiger partial charge in [-0.3, -0.25) is 4.98 Å². The van der Waals surface area contributed by atoms with Crippen molar-refractivity contribution in [3.05, 3.63) is 41.7 Å². The highest BCUT2D eigenvalue weighted by Gasteiger charge is 2.09. The molecule has 0 aromatic carbocycles. The van der Waals surface area contributed by atoms with Crippen LogP contribution in [0.5, 0.6) is 5.88 Å². The van der Waals surface area contributed by atoms with Crippen molar-refractivity contribution in [1.82, 2.24) is 9.97 Å². The molecule has 2 aromatic rings. The van der Waals surface area contributed by atoms with E-state index in [2.05, 4.69) is 9.97 Å². The minimum atomic E-state index is -0.197. The molecule has 94 valence electrons. The second kappa shape index (κ2) is 5.57. The molecule has 5 nitrogen and oxygen atoms in total. The maximum absolute atomic E-state index is 9.33. The van der Waals surface area contributed by atoms with Crippen LogP contribution in [0.25, 0.3) is 11.3 Å². The predicted molar refractivity (Wildman–Crippen MR) is 65.9 cm³/mol. The lowest BCUT2D eigenvalue weighted by molar-refractivity contribution is 0.275. The number of pyridine rings is 2. The second-order valence-corrected chi connectivity index (χ2v) is 3.71. The molecule has 2 aromatic heterocycles. The van der Waals surface area contributed by atoms with E-state index in [1.807, 2.05) is 0 Å². The van der Waals surface area contributed by atoms with Crippen LogP contribution in [0, 0.1) is 0 Å². The zero-order chi connectivity index (χ0) is 13.0. The van der Waals surface area contributed by atoms with E-state index in [1.165, 1.54) is 7.11 Å². The van der Waals surface area contributed by atoms with E-state index >= 15 is 0 Å². The van der Waals surface area contributed by atoms with Gasteiger partial charge in [0.1, 0.15) is 0 Å². The molecule has 0 aliphatic carbocycles. The third kappa shape index (κ3) is 2.47. The van der Waals surface area contributed by atoms with E-state index in [9.17, 15) is 5.11 Å². The summed E-state index contributed by atoms with van der Waals surface area (Å²) in [5.74, 6) is 0.445. The smallest absolute Gasteiger partial charge is 0.213 e. The fraction of sp³-hybridized carbons (Fsp3) is 0.231. The Labute approximate surface area is 105 Å². The lowest BCUT2D eigenvalue weighted by atomic mass is 10.1. The first kappa shape index (κ1) is 12.5. The minimum Gasteiger partial charge on any atom is -0.481 e. The normalized spacial score (nSPS) is 10.4. The van der Waals surface area contributed by atoms with Crippen LogP contribution in [0.3, 0.4) is 0 Å². The maximum atomic E-state index is 9.33. The number of aromatic nitrogens is 2. The molecule has 2 N–H and O–H groups in total. The van der Waals surface area contributed by atoms with Crippen molar-refractivity contribution in [2.45, 2.75) is 13.2 Å². The number of nitrogens with zero attached hydrogens (tertiary/aromatic N) is 2. The molecule has 0 bridgehead atoms. The first-order chi connectivity index (χ1) is 8.78. The number of aliphatic hydroxyl groups excluding tert-OH is 2. The number of rotatable bonds is 4. The van der Waals surface area contributed by atoms with Gasteiger partial charge in [0.05, 0.1) is 31.7 Å². The van der Waals surface area contributed by atoms with Gasteiger partial charge in [0.2, 0.25) is 5.88 Å². The van der Waals surface area contributed by atoms with Gasteiger partial charge < -0.3 is 14.9 Å². The van der Waals surface area contributed by atoms with Crippen LogP contribution in [0.4, 0.5) is 0 Å². The molecule has 18 heavy (non-hydrogen) atoms. The van der Waals surface area contributed by atoms with Gasteiger partial charge in [-0.1, -0.05) is 0 Å². The zero-order valence-electron chi connectivity index (χ0n) is 10.00. The van der Waals surface area contributed by atoms with Crippen LogP contribution in [0.2, 0.25) is 0 Å². The Bertz CT molecular complexity index is 544. The molecular weight excluding hydrogens is 232 g/mol. The summed E-state index contributed by atoms with van der Waals surface area (Å²) >= 11 is 0. The molecule has 0 spiro atoms. The van der Waals surface area contributed by atoms with Gasteiger partial charge in [-0.25, -0.2) is 4.98 Å². The van der Waals surface area contributed by atoms with Gasteiger partial charge in [-0.15, -0.1) is 0 Å². The first-order valence-electron chi connectivity index (χ1n) is 5.49. The second-order valence-electron chi connectivity index (χ2n) is 3.71. The molecule has 2 heterocycles. The van der Waals surface area contributed by atoms with Gasteiger partial charge in [0.15, 0.2) is 0 Å². The van der Waals surface area contributed by atoms with Crippen LogP contribution in [0.1, 0.15) is 11.3 Å². The molecule has 0 saturated heterocycles. The van der Waals surface area contributed by atoms with Crippen molar-refractivity contribution in [3.63, 3.8) is 0 Å². The van der Waals surface area contributed by atoms with E-state index in [0.717, 1.165) is 11.1 Å². The number of methoxy groups -OCH3 is 1. The quantitative estimate of drug-likeness (QED) is 0.846. The first-order valence-corrected chi connectivity index (χ1v) is 5.49. The maximum Gasteiger partial charge on any atom is 0.213 e. The average Bonchev–Trinajstić information content (AvgIpc) is 2.46. The molecule has 5 heteroatoms. The highest BCUT2D eigenvalue weighted by atomic mass is 16.5. The molecule has 0 aliphatic heterocycles. The summed E-state index contributed by atoms with van der Waals surface area (Å²) in [6.07, 6.45) is 1.62. The summed E-state index contributed by atoms with van der Waals surface area (Å²) < 4.78 is 5.01. The monoisotopic (exact) mass is 246 g/mol. The molecule has 0 amide bonds. The average molecular weight is 246 g/mol. The lowest BCUT2D eigenvalue weighted by Gasteiger charge is -2.08. The molecular formula is C13H14N2O3. The number of ether oxygens (including phenoxy) is 1. The van der Waals surface area contributed by atoms with Crippen molar-refractivity contribution < 1.29 is 14.9 Å². The molecule has 0 aliphatic rings. The fourth-order valence-corrected chi connectivity index (χ4v) is 1.67. The molecule has 0 atom stereocenters. The Morgan fingerprint density at radius 1 is 1.17 bits per heavy atom. The van der Waals surface area contributed by atoms with Crippen molar-refractivity contribution in [2.75, 3.05) is 7.11 Å². The minimum absolute atomic E-state index is 0.0481. The van der Waals surface area contributed by atoms with Crippen LogP contribution in [0.15, 0.2) is 30.5 Å². The van der Waals surface area contributed by atoms with Gasteiger partial charge >= 0.3 is 0 Å². The summed E-state index contributed by atoms with van der Waals surface area (Å²) in [5, 5.41) is 18.4. The van der Waals surface area contributed by atoms with Gasteiger partial charge in [0.25, 0.3) is 0 Å². The molecule has 0 unspecified atom stereocenters. The fourth-order valence-electron chi connectivity index (χ4n) is 1.67. The summed E-state index contributed by atoms with van der Waals surface area (Å²) in [7, 11) is 1.52. The molecule has 0 saturated carbocycles. The summed E-state index contributed by atoms with van der Waals surface area (Å²) in [5.41, 5.74) is 2.66. The van der Waals surface area contributed by atoms with E-state index in [-0.39, 0.29) is 13.2 Å². The summed E-state index contributed by atoms with van der Waals surface area (Å²) in [6.45, 7) is -0.245. The molecule has 0 fully saturated rings. The van der Waals surface area contributed by atoms with E-state index in [4.69, 9.17) is 9.84 Å². The zero-order valence-corrected chi connectivity index (χ0v) is 10.00. The molecule has 0 radical (unpaired) electrons. The van der Waals surface area contributed by atoms with Crippen molar-refractivity contribution in [3.8, 4) is 17.1 Å². The Hall–Kier alpha value is -1.98. The van der Waals surface area contributed by atoms with E-state index < -0.39 is 0 Å². The largest absolute Gasteiger partial charge is 0.481 e. The Balaban J connectivity index is 2.48. The number of aliphatic hydroxyl groups is 2. The standard InChI is InChI=1S/C13H14N2O3/c1-18-13-3-2-10(12(8-17)15-13)11-6-9(7-16)4-5-14-11/h2-6,16-17H,7-8H2,1H3. The van der Waals surface area contributed by atoms with Gasteiger partial charge in [0, 0.05) is 17.8 Å². The number of hydrogen-bond acceptors (Lipinski definition) is 5. The summed E-state index contributed by atoms with van der Waals surface area (Å²) in [4.78, 5) is 8.39. The van der Waals surface area contributed by atoms with Crippen molar-refractivity contribution in [1.29, 1.82) is 0 Å². The Morgan fingerprint density at radius 3 is 2.67 bits per heavy atom. The van der Waals surface area contributed by atoms with Crippen molar-refractivity contribution in [2.24, 2.45) is 0 Å². The van der Waals surface area contributed by atoms with Crippen LogP contribution >= 0.6 is 0 Å². The van der Waals surface area contributed by atoms with Crippen molar-refractivity contribution >= 4 is 0 Å². The van der Waals surface area contributed by atoms with Crippen LogP contribution < -0.4 is 4.74 Å². The lowest BCUT2D eigenvalue weighted by Crippen LogP contribution is -1.98. The highest BCUT2D eigenvalue weighted by Crippen LogP contribution is 2.23. The van der Waals surface area contributed by atoms with E-state index in [1.54, 1.807) is 30.5 Å². The number of hydrogen-bond donors (Lipinski definition) is 2. The predicted octanol–water partition coefficient (Wildman–Crippen LogP) is 1.14. The topological polar surface area (TPSA) is 75.5 Å². The van der Waals surface area contributed by atoms with Crippen LogP contribution in [-0.2, 0) is 13.2 Å². The Kier molecular flexibility index (Phi) is 3.86. The van der Waals surface area contributed by atoms with Gasteiger partial charge in [-0.05, 0) is 23.8 Å².